The van der Waals surface area contributed by atoms with Crippen molar-refractivity contribution in [1.29, 1.82) is 0 Å². The van der Waals surface area contributed by atoms with E-state index in [0.717, 1.165) is 63.9 Å². The molecule has 1 amide bonds. The zero-order valence-corrected chi connectivity index (χ0v) is 21.3. The van der Waals surface area contributed by atoms with Gasteiger partial charge in [-0.1, -0.05) is 73.7 Å². The minimum absolute atomic E-state index is 0.0367. The van der Waals surface area contributed by atoms with Crippen LogP contribution in [-0.2, 0) is 23.1 Å². The van der Waals surface area contributed by atoms with Crippen molar-refractivity contribution in [2.75, 3.05) is 19.6 Å². The number of nitrogens with one attached hydrogen (secondary N) is 1. The van der Waals surface area contributed by atoms with Crippen LogP contribution >= 0.6 is 0 Å². The minimum Gasteiger partial charge on any atom is -0.335 e. The summed E-state index contributed by atoms with van der Waals surface area (Å²) >= 11 is 0. The fraction of sp³-hybridized carbons (Fsp3) is 0.438. The summed E-state index contributed by atoms with van der Waals surface area (Å²) in [6, 6.07) is 26.1. The van der Waals surface area contributed by atoms with E-state index in [1.807, 2.05) is 0 Å². The van der Waals surface area contributed by atoms with Gasteiger partial charge in [-0.05, 0) is 67.2 Å². The molecule has 3 aromatic rings. The summed E-state index contributed by atoms with van der Waals surface area (Å²) in [5.74, 6) is 0.765. The maximum Gasteiger partial charge on any atom is 0.228 e. The number of benzene rings is 2. The second kappa shape index (κ2) is 9.82. The first kappa shape index (κ1) is 23.4. The second-order valence-electron chi connectivity index (χ2n) is 10.9. The van der Waals surface area contributed by atoms with E-state index in [0.29, 0.717) is 11.8 Å². The van der Waals surface area contributed by atoms with Gasteiger partial charge in [0.2, 0.25) is 5.91 Å². The van der Waals surface area contributed by atoms with E-state index in [-0.39, 0.29) is 17.4 Å². The Hall–Kier alpha value is -2.98. The van der Waals surface area contributed by atoms with Gasteiger partial charge in [0.1, 0.15) is 0 Å². The summed E-state index contributed by atoms with van der Waals surface area (Å²) in [4.78, 5) is 21.7. The fourth-order valence-corrected chi connectivity index (χ4v) is 7.17. The Morgan fingerprint density at radius 2 is 1.78 bits per heavy atom. The number of likely N-dealkylation sites (tertiary alicyclic amines) is 1. The summed E-state index contributed by atoms with van der Waals surface area (Å²) in [5.41, 5.74) is 6.22. The molecule has 4 nitrogen and oxygen atoms in total. The molecule has 2 aliphatic heterocycles. The summed E-state index contributed by atoms with van der Waals surface area (Å²) < 4.78 is 0. The molecule has 0 saturated carbocycles. The van der Waals surface area contributed by atoms with Crippen molar-refractivity contribution < 1.29 is 4.79 Å². The number of hydrogen-bond acceptors (Lipinski definition) is 3. The lowest BCUT2D eigenvalue weighted by Crippen LogP contribution is -2.50. The Balaban J connectivity index is 1.33. The predicted molar refractivity (Wildman–Crippen MR) is 144 cm³/mol. The van der Waals surface area contributed by atoms with Crippen molar-refractivity contribution in [2.24, 2.45) is 5.92 Å². The average molecular weight is 480 g/mol. The number of aromatic nitrogens is 1. The molecule has 2 fully saturated rings. The summed E-state index contributed by atoms with van der Waals surface area (Å²) in [7, 11) is 0. The highest BCUT2D eigenvalue weighted by Crippen LogP contribution is 2.47. The number of carbonyl (C=O) groups excluding carboxylic acids is 1. The first-order chi connectivity index (χ1) is 17.7. The summed E-state index contributed by atoms with van der Waals surface area (Å²) in [6.07, 6.45) is 6.15. The number of carbonyl (C=O) groups is 1. The molecule has 2 aromatic carbocycles. The van der Waals surface area contributed by atoms with E-state index < -0.39 is 0 Å². The first-order valence-corrected chi connectivity index (χ1v) is 13.8. The molecule has 2 saturated heterocycles. The standard InChI is InChI=1S/C32H37N3O/c1-2-26-15-16-27-29(34-26)14-9-18-32(27)22-33-21-28(32)31(36)35-19-17-25(23-10-5-3-6-11-23)20-30(35)24-12-7-4-8-13-24/h3-8,10-13,15-16,25,28,30,33H,2,9,14,17-22H2,1H3/t25-,28-,30+,32-/m0/s1. The quantitative estimate of drug-likeness (QED) is 0.531. The van der Waals surface area contributed by atoms with Gasteiger partial charge in [-0.25, -0.2) is 0 Å². The zero-order valence-electron chi connectivity index (χ0n) is 21.3. The van der Waals surface area contributed by atoms with E-state index in [2.05, 4.69) is 89.9 Å². The molecule has 36 heavy (non-hydrogen) atoms. The van der Waals surface area contributed by atoms with Gasteiger partial charge < -0.3 is 10.2 Å². The molecule has 0 radical (unpaired) electrons. The molecule has 4 heteroatoms. The number of hydrogen-bond donors (Lipinski definition) is 1. The lowest BCUT2D eigenvalue weighted by atomic mass is 9.65. The first-order valence-electron chi connectivity index (χ1n) is 13.8. The van der Waals surface area contributed by atoms with Gasteiger partial charge in [0.25, 0.3) is 0 Å². The highest BCUT2D eigenvalue weighted by atomic mass is 16.2. The summed E-state index contributed by atoms with van der Waals surface area (Å²) in [6.45, 7) is 4.61. The number of amides is 1. The van der Waals surface area contributed by atoms with Crippen LogP contribution in [0.25, 0.3) is 0 Å². The Bertz CT molecular complexity index is 1210. The maximum absolute atomic E-state index is 14.5. The monoisotopic (exact) mass is 479 g/mol. The SMILES string of the molecule is CCc1ccc2c(n1)CCC[C@]21CNC[C@H]1C(=O)N1CC[C@H](c2ccccc2)C[C@@H]1c1ccccc1. The van der Waals surface area contributed by atoms with E-state index in [9.17, 15) is 4.79 Å². The van der Waals surface area contributed by atoms with Crippen LogP contribution in [0, 0.1) is 5.92 Å². The molecule has 3 aliphatic rings. The van der Waals surface area contributed by atoms with Gasteiger partial charge in [-0.15, -0.1) is 0 Å². The van der Waals surface area contributed by atoms with Gasteiger partial charge in [-0.2, -0.15) is 0 Å². The second-order valence-corrected chi connectivity index (χ2v) is 10.9. The van der Waals surface area contributed by atoms with Gasteiger partial charge >= 0.3 is 0 Å². The molecule has 1 aliphatic carbocycles. The lowest BCUT2D eigenvalue weighted by molar-refractivity contribution is -0.141. The van der Waals surface area contributed by atoms with Gasteiger partial charge in [0.05, 0.1) is 12.0 Å². The van der Waals surface area contributed by atoms with Crippen LogP contribution in [0.1, 0.15) is 72.6 Å². The van der Waals surface area contributed by atoms with Crippen molar-refractivity contribution in [3.8, 4) is 0 Å². The number of nitrogens with zero attached hydrogens (tertiary/aromatic N) is 2. The van der Waals surface area contributed by atoms with Crippen molar-refractivity contribution >= 4 is 5.91 Å². The Morgan fingerprint density at radius 1 is 1.03 bits per heavy atom. The van der Waals surface area contributed by atoms with Crippen LogP contribution in [0.4, 0.5) is 0 Å². The predicted octanol–water partition coefficient (Wildman–Crippen LogP) is 5.59. The van der Waals surface area contributed by atoms with Crippen LogP contribution < -0.4 is 5.32 Å². The van der Waals surface area contributed by atoms with Crippen molar-refractivity contribution in [3.05, 3.63) is 101 Å². The lowest BCUT2D eigenvalue weighted by Gasteiger charge is -2.45. The molecule has 1 aromatic heterocycles. The van der Waals surface area contributed by atoms with Crippen molar-refractivity contribution in [3.63, 3.8) is 0 Å². The summed E-state index contributed by atoms with van der Waals surface area (Å²) in [5, 5.41) is 3.64. The molecule has 0 bridgehead atoms. The number of piperidine rings is 1. The molecular weight excluding hydrogens is 442 g/mol. The van der Waals surface area contributed by atoms with E-state index in [1.54, 1.807) is 0 Å². The van der Waals surface area contributed by atoms with Crippen molar-refractivity contribution in [1.82, 2.24) is 15.2 Å². The van der Waals surface area contributed by atoms with E-state index in [1.165, 1.54) is 22.4 Å². The average Bonchev–Trinajstić information content (AvgIpc) is 3.37. The minimum atomic E-state index is -0.137. The van der Waals surface area contributed by atoms with Gasteiger partial charge in [0.15, 0.2) is 0 Å². The molecule has 0 unspecified atom stereocenters. The third-order valence-corrected chi connectivity index (χ3v) is 9.06. The van der Waals surface area contributed by atoms with E-state index in [4.69, 9.17) is 4.98 Å². The zero-order chi connectivity index (χ0) is 24.5. The van der Waals surface area contributed by atoms with Crippen LogP contribution in [-0.4, -0.2) is 35.4 Å². The molecule has 186 valence electrons. The van der Waals surface area contributed by atoms with Crippen molar-refractivity contribution in [2.45, 2.75) is 62.8 Å². The van der Waals surface area contributed by atoms with Crippen LogP contribution in [0.15, 0.2) is 72.8 Å². The molecule has 3 heterocycles. The highest BCUT2D eigenvalue weighted by molar-refractivity contribution is 5.82. The Morgan fingerprint density at radius 3 is 2.53 bits per heavy atom. The molecule has 6 rings (SSSR count). The van der Waals surface area contributed by atoms with Crippen LogP contribution in [0.5, 0.6) is 0 Å². The number of aryl methyl sites for hydroxylation is 2. The smallest absolute Gasteiger partial charge is 0.228 e. The highest BCUT2D eigenvalue weighted by Gasteiger charge is 2.52. The third kappa shape index (κ3) is 4.06. The van der Waals surface area contributed by atoms with Gasteiger partial charge in [-0.3, -0.25) is 9.78 Å². The largest absolute Gasteiger partial charge is 0.335 e. The molecule has 1 spiro atoms. The number of pyridine rings is 1. The third-order valence-electron chi connectivity index (χ3n) is 9.06. The Kier molecular flexibility index (Phi) is 6.39. The molecule has 4 atom stereocenters. The normalized spacial score (nSPS) is 27.7. The van der Waals surface area contributed by atoms with Gasteiger partial charge in [0, 0.05) is 36.4 Å². The number of fused-ring (bicyclic) bond motifs is 2. The maximum atomic E-state index is 14.5. The molecule has 1 N–H and O–H groups in total. The van der Waals surface area contributed by atoms with Crippen LogP contribution in [0.3, 0.4) is 0 Å². The number of rotatable bonds is 4. The Labute approximate surface area is 215 Å². The fourth-order valence-electron chi connectivity index (χ4n) is 7.17. The molecular formula is C32H37N3O. The van der Waals surface area contributed by atoms with Crippen LogP contribution in [0.2, 0.25) is 0 Å². The van der Waals surface area contributed by atoms with E-state index >= 15 is 0 Å². The topological polar surface area (TPSA) is 45.2 Å².